The van der Waals surface area contributed by atoms with Gasteiger partial charge in [-0.3, -0.25) is 0 Å². The molecule has 0 spiro atoms. The molecule has 122 valence electrons. The van der Waals surface area contributed by atoms with Crippen LogP contribution in [0.15, 0.2) is 0 Å². The molecule has 0 amide bonds. The Labute approximate surface area is 129 Å². The smallest absolute Gasteiger partial charge is 0.153 e. The highest BCUT2D eigenvalue weighted by Gasteiger charge is 2.16. The summed E-state index contributed by atoms with van der Waals surface area (Å²) in [6.07, 6.45) is 5.43. The van der Waals surface area contributed by atoms with Crippen molar-refractivity contribution < 1.29 is 18.9 Å². The fourth-order valence-electron chi connectivity index (χ4n) is 2.52. The predicted molar refractivity (Wildman–Crippen MR) is 90.2 cm³/mol. The van der Waals surface area contributed by atoms with E-state index in [0.29, 0.717) is 0 Å². The topological polar surface area (TPSA) is 36.9 Å². The van der Waals surface area contributed by atoms with Crippen LogP contribution in [0, 0.1) is 0 Å². The van der Waals surface area contributed by atoms with Crippen LogP contribution in [-0.4, -0.2) is 60.1 Å². The molecule has 0 aliphatic carbocycles. The van der Waals surface area contributed by atoms with Crippen LogP contribution in [-0.2, 0) is 18.9 Å². The van der Waals surface area contributed by atoms with Crippen LogP contribution < -0.4 is 0 Å². The molecule has 0 saturated heterocycles. The van der Waals surface area contributed by atoms with Gasteiger partial charge in [-0.05, 0) is 12.1 Å². The summed E-state index contributed by atoms with van der Waals surface area (Å²) in [6, 6.07) is 2.25. The molecule has 6 heteroatoms. The van der Waals surface area contributed by atoms with Crippen LogP contribution in [0.25, 0.3) is 0 Å². The molecule has 0 bridgehead atoms. The Morgan fingerprint density at radius 2 is 1.20 bits per heavy atom. The van der Waals surface area contributed by atoms with Gasteiger partial charge in [0.2, 0.25) is 0 Å². The van der Waals surface area contributed by atoms with Gasteiger partial charge in [0.1, 0.15) is 0 Å². The zero-order chi connectivity index (χ0) is 15.2. The minimum absolute atomic E-state index is 0.00462. The average molecular weight is 323 g/mol. The number of methoxy groups -OCH3 is 4. The monoisotopic (exact) mass is 322 g/mol. The minimum Gasteiger partial charge on any atom is -0.356 e. The molecule has 0 aromatic rings. The van der Waals surface area contributed by atoms with Crippen molar-refractivity contribution in [1.29, 1.82) is 0 Å². The Kier molecular flexibility index (Phi) is 14.4. The molecule has 0 fully saturated rings. The molecule has 0 aromatic heterocycles. The van der Waals surface area contributed by atoms with E-state index in [1.165, 1.54) is 25.7 Å². The Morgan fingerprint density at radius 1 is 0.750 bits per heavy atom. The lowest BCUT2D eigenvalue weighted by molar-refractivity contribution is -0.0879. The SMILES string of the molecule is CCCCCC([SiH2]CC(OC)OC)[SiH2]CC(OC)OC. The lowest BCUT2D eigenvalue weighted by atomic mass is 10.2. The van der Waals surface area contributed by atoms with Crippen molar-refractivity contribution in [3.05, 3.63) is 0 Å². The van der Waals surface area contributed by atoms with E-state index >= 15 is 0 Å². The van der Waals surface area contributed by atoms with Gasteiger partial charge in [-0.15, -0.1) is 0 Å². The highest BCUT2D eigenvalue weighted by atomic mass is 28.3. The van der Waals surface area contributed by atoms with Crippen molar-refractivity contribution in [3.8, 4) is 0 Å². The van der Waals surface area contributed by atoms with E-state index < -0.39 is 0 Å². The summed E-state index contributed by atoms with van der Waals surface area (Å²) in [7, 11) is 6.68. The first-order chi connectivity index (χ1) is 9.71. The van der Waals surface area contributed by atoms with E-state index in [9.17, 15) is 0 Å². The molecule has 0 aromatic carbocycles. The number of ether oxygens (including phenoxy) is 4. The first-order valence-electron chi connectivity index (χ1n) is 7.82. The molecule has 0 rings (SSSR count). The van der Waals surface area contributed by atoms with Crippen molar-refractivity contribution >= 4 is 19.0 Å². The van der Waals surface area contributed by atoms with E-state index in [2.05, 4.69) is 6.92 Å². The molecule has 0 aliphatic heterocycles. The molecule has 0 aliphatic rings. The van der Waals surface area contributed by atoms with Gasteiger partial charge in [0.25, 0.3) is 0 Å². The molecule has 0 atom stereocenters. The molecule has 0 saturated carbocycles. The van der Waals surface area contributed by atoms with Gasteiger partial charge < -0.3 is 18.9 Å². The number of hydrogen-bond acceptors (Lipinski definition) is 4. The van der Waals surface area contributed by atoms with Crippen molar-refractivity contribution in [2.45, 2.75) is 62.4 Å². The molecule has 0 N–H and O–H groups in total. The fraction of sp³-hybridized carbons (Fsp3) is 1.00. The van der Waals surface area contributed by atoms with Gasteiger partial charge in [-0.2, -0.15) is 0 Å². The quantitative estimate of drug-likeness (QED) is 0.277. The van der Waals surface area contributed by atoms with Crippen molar-refractivity contribution in [2.24, 2.45) is 0 Å². The second-order valence-corrected chi connectivity index (χ2v) is 11.1. The molecule has 0 unspecified atom stereocenters. The summed E-state index contributed by atoms with van der Waals surface area (Å²) in [5.41, 5.74) is 0. The lowest BCUT2D eigenvalue weighted by Crippen LogP contribution is -2.23. The van der Waals surface area contributed by atoms with Crippen LogP contribution in [0.5, 0.6) is 0 Å². The Hall–Kier alpha value is 0.274. The second-order valence-electron chi connectivity index (χ2n) is 5.32. The molecule has 4 nitrogen and oxygen atoms in total. The zero-order valence-corrected chi connectivity index (χ0v) is 16.9. The van der Waals surface area contributed by atoms with Crippen LogP contribution in [0.2, 0.25) is 17.3 Å². The average Bonchev–Trinajstić information content (AvgIpc) is 2.48. The number of rotatable bonds is 14. The van der Waals surface area contributed by atoms with Gasteiger partial charge in [0.05, 0.1) is 0 Å². The highest BCUT2D eigenvalue weighted by molar-refractivity contribution is 6.59. The van der Waals surface area contributed by atoms with Crippen molar-refractivity contribution in [3.63, 3.8) is 0 Å². The highest BCUT2D eigenvalue weighted by Crippen LogP contribution is 2.19. The summed E-state index contributed by atoms with van der Waals surface area (Å²) >= 11 is 0. The van der Waals surface area contributed by atoms with E-state index in [-0.39, 0.29) is 31.6 Å². The van der Waals surface area contributed by atoms with E-state index in [0.717, 1.165) is 17.3 Å². The lowest BCUT2D eigenvalue weighted by Gasteiger charge is -2.21. The third-order valence-electron chi connectivity index (χ3n) is 3.89. The molecule has 0 heterocycles. The number of unbranched alkanes of at least 4 members (excludes halogenated alkanes) is 2. The maximum Gasteiger partial charge on any atom is 0.153 e. The summed E-state index contributed by atoms with van der Waals surface area (Å²) in [5.74, 6) is 0. The summed E-state index contributed by atoms with van der Waals surface area (Å²) in [4.78, 5) is 0. The van der Waals surface area contributed by atoms with E-state index in [4.69, 9.17) is 18.9 Å². The summed E-state index contributed by atoms with van der Waals surface area (Å²) < 4.78 is 21.3. The van der Waals surface area contributed by atoms with Gasteiger partial charge in [0, 0.05) is 47.5 Å². The van der Waals surface area contributed by atoms with Crippen LogP contribution in [0.3, 0.4) is 0 Å². The second kappa shape index (κ2) is 14.2. The Morgan fingerprint density at radius 3 is 1.55 bits per heavy atom. The van der Waals surface area contributed by atoms with Crippen LogP contribution in [0.1, 0.15) is 32.6 Å². The molecular formula is C14H34O4Si2. The zero-order valence-electron chi connectivity index (χ0n) is 14.0. The van der Waals surface area contributed by atoms with Gasteiger partial charge >= 0.3 is 0 Å². The van der Waals surface area contributed by atoms with Crippen molar-refractivity contribution in [1.82, 2.24) is 0 Å². The summed E-state index contributed by atoms with van der Waals surface area (Å²) in [6.45, 7) is 2.27. The largest absolute Gasteiger partial charge is 0.356 e. The van der Waals surface area contributed by atoms with Gasteiger partial charge in [-0.25, -0.2) is 0 Å². The first-order valence-corrected chi connectivity index (χ1v) is 11.5. The third kappa shape index (κ3) is 10.1. The molecule has 20 heavy (non-hydrogen) atoms. The third-order valence-corrected chi connectivity index (χ3v) is 10.4. The minimum atomic E-state index is -0.130. The Balaban J connectivity index is 4.11. The Bertz CT molecular complexity index is 184. The maximum atomic E-state index is 5.32. The standard InChI is InChI=1S/C14H34O4Si2/c1-6-7-8-9-14(19-10-12(15-2)16-3)20-11-13(17-4)18-5/h12-14H,6-11,19-20H2,1-5H3. The van der Waals surface area contributed by atoms with Gasteiger partial charge in [0.15, 0.2) is 12.6 Å². The number of hydrogen-bond donors (Lipinski definition) is 0. The van der Waals surface area contributed by atoms with E-state index in [1.807, 2.05) is 0 Å². The van der Waals surface area contributed by atoms with Crippen LogP contribution >= 0.6 is 0 Å². The summed E-state index contributed by atoms with van der Waals surface area (Å²) in [5, 5.41) is 0.974. The maximum absolute atomic E-state index is 5.32. The first kappa shape index (κ1) is 20.3. The molecular weight excluding hydrogens is 288 g/mol. The van der Waals surface area contributed by atoms with Crippen molar-refractivity contribution in [2.75, 3.05) is 28.4 Å². The van der Waals surface area contributed by atoms with E-state index in [1.54, 1.807) is 28.4 Å². The predicted octanol–water partition coefficient (Wildman–Crippen LogP) is 1.72. The molecule has 0 radical (unpaired) electrons. The normalized spacial score (nSPS) is 14.6. The van der Waals surface area contributed by atoms with Crippen LogP contribution in [0.4, 0.5) is 0 Å². The van der Waals surface area contributed by atoms with Gasteiger partial charge in [-0.1, -0.05) is 37.8 Å². The fourth-order valence-corrected chi connectivity index (χ4v) is 8.68.